The van der Waals surface area contributed by atoms with Gasteiger partial charge in [-0.3, -0.25) is 9.69 Å². The molecule has 0 saturated carbocycles. The summed E-state index contributed by atoms with van der Waals surface area (Å²) in [4.78, 5) is 18.6. The molecule has 2 aromatic carbocycles. The molecule has 0 spiro atoms. The molecule has 4 aromatic rings. The molecule has 4 heterocycles. The largest absolute Gasteiger partial charge is 0.494 e. The minimum absolute atomic E-state index is 0.102. The second kappa shape index (κ2) is 11.6. The third-order valence-corrected chi connectivity index (χ3v) is 7.49. The van der Waals surface area contributed by atoms with Crippen molar-refractivity contribution in [3.8, 4) is 17.2 Å². The molecule has 0 amide bonds. The molecule has 11 heteroatoms. The smallest absolute Gasteiger partial charge is 0.252 e. The molecule has 1 fully saturated rings. The lowest BCUT2D eigenvalue weighted by molar-refractivity contribution is 0.0888. The van der Waals surface area contributed by atoms with E-state index in [1.165, 1.54) is 0 Å². The Hall–Kier alpha value is -3.96. The highest BCUT2D eigenvalue weighted by atomic mass is 16.7. The van der Waals surface area contributed by atoms with Crippen LogP contribution in [0.4, 0.5) is 0 Å². The molecular formula is C29H34N6O5. The number of hydrogen-bond donors (Lipinski definition) is 1. The van der Waals surface area contributed by atoms with E-state index in [-0.39, 0.29) is 24.5 Å². The maximum absolute atomic E-state index is 13.3. The molecule has 6 rings (SSSR count). The third kappa shape index (κ3) is 5.52. The van der Waals surface area contributed by atoms with Gasteiger partial charge in [0, 0.05) is 36.2 Å². The van der Waals surface area contributed by atoms with Crippen LogP contribution in [-0.2, 0) is 24.4 Å². The molecule has 11 nitrogen and oxygen atoms in total. The Morgan fingerprint density at radius 1 is 1.12 bits per heavy atom. The normalized spacial score (nSPS) is 17.1. The zero-order valence-electron chi connectivity index (χ0n) is 22.8. The average molecular weight is 547 g/mol. The van der Waals surface area contributed by atoms with E-state index in [0.29, 0.717) is 31.8 Å². The number of fused-ring (bicyclic) bond motifs is 2. The summed E-state index contributed by atoms with van der Waals surface area (Å²) in [5.41, 5.74) is 2.34. The second-order valence-electron chi connectivity index (χ2n) is 10.2. The lowest BCUT2D eigenvalue weighted by Gasteiger charge is -2.30. The Balaban J connectivity index is 1.35. The lowest BCUT2D eigenvalue weighted by Crippen LogP contribution is -2.33. The lowest BCUT2D eigenvalue weighted by atomic mass is 10.1. The molecule has 2 aliphatic heterocycles. The van der Waals surface area contributed by atoms with Gasteiger partial charge in [0.05, 0.1) is 25.3 Å². The molecule has 2 atom stereocenters. The summed E-state index contributed by atoms with van der Waals surface area (Å²) in [7, 11) is 0. The van der Waals surface area contributed by atoms with Crippen molar-refractivity contribution in [2.45, 2.75) is 64.9 Å². The SMILES string of the molecule is CCOc1ccc2[nH]c(=O)c(CN(Cc3ccc4c(c3)OCO4)[C@H](CC)c3nnnn3C[C@H]3CCCO3)cc2c1. The molecule has 1 N–H and O–H groups in total. The van der Waals surface area contributed by atoms with Gasteiger partial charge in [-0.25, -0.2) is 4.68 Å². The van der Waals surface area contributed by atoms with Crippen LogP contribution in [0, 0.1) is 0 Å². The Morgan fingerprint density at radius 2 is 2.02 bits per heavy atom. The standard InChI is InChI=1S/C29H34N6O5/c1-3-25(28-31-32-33-35(28)17-23-6-5-11-38-23)34(15-19-7-10-26-27(12-19)40-18-39-26)16-21-13-20-14-22(37-4-2)8-9-24(20)30-29(21)36/h7-10,12-14,23,25H,3-6,11,15-18H2,1-2H3,(H,30,36)/t23-,25-/m1/s1. The number of rotatable bonds is 11. The summed E-state index contributed by atoms with van der Waals surface area (Å²) >= 11 is 0. The van der Waals surface area contributed by atoms with Gasteiger partial charge >= 0.3 is 0 Å². The summed E-state index contributed by atoms with van der Waals surface area (Å²) in [6, 6.07) is 13.5. The second-order valence-corrected chi connectivity index (χ2v) is 10.2. The van der Waals surface area contributed by atoms with Crippen LogP contribution in [0.15, 0.2) is 47.3 Å². The molecule has 2 aromatic heterocycles. The first kappa shape index (κ1) is 26.3. The first-order valence-corrected chi connectivity index (χ1v) is 13.9. The van der Waals surface area contributed by atoms with E-state index in [0.717, 1.165) is 65.4 Å². The number of H-pyrrole nitrogens is 1. The van der Waals surface area contributed by atoms with Crippen LogP contribution in [0.5, 0.6) is 17.2 Å². The number of nitrogens with one attached hydrogen (secondary N) is 1. The number of benzene rings is 2. The highest BCUT2D eigenvalue weighted by Crippen LogP contribution is 2.34. The summed E-state index contributed by atoms with van der Waals surface area (Å²) in [5, 5.41) is 13.7. The van der Waals surface area contributed by atoms with Gasteiger partial charge in [-0.2, -0.15) is 0 Å². The monoisotopic (exact) mass is 546 g/mol. The highest BCUT2D eigenvalue weighted by Gasteiger charge is 2.28. The van der Waals surface area contributed by atoms with Gasteiger partial charge in [0.25, 0.3) is 5.56 Å². The van der Waals surface area contributed by atoms with Gasteiger partial charge in [0.1, 0.15) is 5.75 Å². The van der Waals surface area contributed by atoms with Crippen molar-refractivity contribution in [1.29, 1.82) is 0 Å². The van der Waals surface area contributed by atoms with Crippen molar-refractivity contribution in [3.63, 3.8) is 0 Å². The number of aromatic nitrogens is 5. The van der Waals surface area contributed by atoms with Crippen molar-refractivity contribution >= 4 is 10.9 Å². The quantitative estimate of drug-likeness (QED) is 0.298. The van der Waals surface area contributed by atoms with Crippen LogP contribution < -0.4 is 19.8 Å². The van der Waals surface area contributed by atoms with Crippen LogP contribution in [0.25, 0.3) is 10.9 Å². The van der Waals surface area contributed by atoms with Crippen LogP contribution in [-0.4, -0.2) is 56.2 Å². The van der Waals surface area contributed by atoms with Crippen LogP contribution in [0.2, 0.25) is 0 Å². The predicted octanol–water partition coefficient (Wildman–Crippen LogP) is 3.97. The third-order valence-electron chi connectivity index (χ3n) is 7.49. The minimum atomic E-state index is -0.147. The van der Waals surface area contributed by atoms with Crippen molar-refractivity contribution in [2.24, 2.45) is 0 Å². The molecule has 2 aliphatic rings. The maximum Gasteiger partial charge on any atom is 0.252 e. The van der Waals surface area contributed by atoms with Gasteiger partial charge in [-0.1, -0.05) is 13.0 Å². The Labute approximate surface area is 232 Å². The number of nitrogens with zero attached hydrogens (tertiary/aromatic N) is 5. The molecule has 0 radical (unpaired) electrons. The number of ether oxygens (including phenoxy) is 4. The molecule has 0 bridgehead atoms. The van der Waals surface area contributed by atoms with Crippen molar-refractivity contribution < 1.29 is 18.9 Å². The number of aromatic amines is 1. The number of hydrogen-bond acceptors (Lipinski definition) is 9. The molecule has 0 unspecified atom stereocenters. The molecule has 0 aliphatic carbocycles. The molecule has 1 saturated heterocycles. The van der Waals surface area contributed by atoms with Crippen molar-refractivity contribution in [3.05, 3.63) is 69.8 Å². The summed E-state index contributed by atoms with van der Waals surface area (Å²) in [6.45, 7) is 7.17. The Kier molecular flexibility index (Phi) is 7.65. The topological polar surface area (TPSA) is 117 Å². The van der Waals surface area contributed by atoms with E-state index in [9.17, 15) is 4.79 Å². The fraction of sp³-hybridized carbons (Fsp3) is 0.448. The van der Waals surface area contributed by atoms with Gasteiger partial charge in [0.15, 0.2) is 17.3 Å². The van der Waals surface area contributed by atoms with Gasteiger partial charge in [-0.05, 0) is 78.6 Å². The molecule has 40 heavy (non-hydrogen) atoms. The number of tetrazole rings is 1. The van der Waals surface area contributed by atoms with Crippen LogP contribution >= 0.6 is 0 Å². The van der Waals surface area contributed by atoms with Gasteiger partial charge in [-0.15, -0.1) is 5.10 Å². The zero-order valence-corrected chi connectivity index (χ0v) is 22.8. The Morgan fingerprint density at radius 3 is 2.85 bits per heavy atom. The van der Waals surface area contributed by atoms with E-state index in [1.54, 1.807) is 0 Å². The summed E-state index contributed by atoms with van der Waals surface area (Å²) in [6.07, 6.45) is 2.89. The fourth-order valence-electron chi connectivity index (χ4n) is 5.54. The van der Waals surface area contributed by atoms with Crippen LogP contribution in [0.1, 0.15) is 56.1 Å². The summed E-state index contributed by atoms with van der Waals surface area (Å²) in [5.74, 6) is 2.99. The maximum atomic E-state index is 13.3. The Bertz CT molecular complexity index is 1530. The van der Waals surface area contributed by atoms with Gasteiger partial charge in [0.2, 0.25) is 6.79 Å². The van der Waals surface area contributed by atoms with E-state index in [1.807, 2.05) is 54.1 Å². The van der Waals surface area contributed by atoms with E-state index >= 15 is 0 Å². The summed E-state index contributed by atoms with van der Waals surface area (Å²) < 4.78 is 24.6. The predicted molar refractivity (Wildman–Crippen MR) is 147 cm³/mol. The van der Waals surface area contributed by atoms with E-state index in [2.05, 4.69) is 32.3 Å². The fourth-order valence-corrected chi connectivity index (χ4v) is 5.54. The number of pyridine rings is 1. The minimum Gasteiger partial charge on any atom is -0.494 e. The molecular weight excluding hydrogens is 512 g/mol. The van der Waals surface area contributed by atoms with E-state index in [4.69, 9.17) is 18.9 Å². The van der Waals surface area contributed by atoms with Crippen molar-refractivity contribution in [1.82, 2.24) is 30.1 Å². The first-order chi connectivity index (χ1) is 19.6. The van der Waals surface area contributed by atoms with Crippen molar-refractivity contribution in [2.75, 3.05) is 20.0 Å². The average Bonchev–Trinajstić information content (AvgIpc) is 3.73. The zero-order chi connectivity index (χ0) is 27.5. The van der Waals surface area contributed by atoms with E-state index < -0.39 is 0 Å². The molecule has 210 valence electrons. The van der Waals surface area contributed by atoms with Gasteiger partial charge < -0.3 is 23.9 Å². The first-order valence-electron chi connectivity index (χ1n) is 13.9. The van der Waals surface area contributed by atoms with Crippen LogP contribution in [0.3, 0.4) is 0 Å². The highest BCUT2D eigenvalue weighted by molar-refractivity contribution is 5.80.